The maximum Gasteiger partial charge on any atom is 0.128 e. The quantitative estimate of drug-likeness (QED) is 0.823. The van der Waals surface area contributed by atoms with Crippen LogP contribution in [0.5, 0.6) is 0 Å². The maximum atomic E-state index is 13.6. The van der Waals surface area contributed by atoms with Gasteiger partial charge in [-0.3, -0.25) is 0 Å². The van der Waals surface area contributed by atoms with E-state index >= 15 is 0 Å². The lowest BCUT2D eigenvalue weighted by Crippen LogP contribution is -2.02. The molecule has 0 aliphatic heterocycles. The van der Waals surface area contributed by atoms with Gasteiger partial charge in [-0.25, -0.2) is 4.39 Å². The van der Waals surface area contributed by atoms with E-state index in [0.29, 0.717) is 17.7 Å². The third-order valence-electron chi connectivity index (χ3n) is 2.58. The summed E-state index contributed by atoms with van der Waals surface area (Å²) < 4.78 is 15.5. The molecule has 0 atom stereocenters. The number of benzene rings is 2. The number of hydrogen-bond donors (Lipinski definition) is 1. The number of nitrogens with one attached hydrogen (secondary N) is 1. The predicted octanol–water partition coefficient (Wildman–Crippen LogP) is 4.83. The molecule has 0 spiro atoms. The summed E-state index contributed by atoms with van der Waals surface area (Å²) in [6.45, 7) is 0.321. The number of hydrogen-bond acceptors (Lipinski definition) is 2. The van der Waals surface area contributed by atoms with Crippen LogP contribution in [0.25, 0.3) is 0 Å². The Labute approximate surface area is 127 Å². The maximum absolute atomic E-state index is 13.6. The highest BCUT2D eigenvalue weighted by Gasteiger charge is 2.05. The second kappa shape index (κ2) is 6.18. The zero-order valence-corrected chi connectivity index (χ0v) is 12.9. The molecule has 2 aromatic carbocycles. The Balaban J connectivity index is 2.16. The van der Waals surface area contributed by atoms with E-state index in [9.17, 15) is 4.39 Å². The van der Waals surface area contributed by atoms with Gasteiger partial charge in [0.15, 0.2) is 0 Å². The molecule has 2 rings (SSSR count). The molecule has 0 aliphatic rings. The Morgan fingerprint density at radius 2 is 1.95 bits per heavy atom. The Morgan fingerprint density at radius 1 is 1.16 bits per heavy atom. The van der Waals surface area contributed by atoms with Crippen molar-refractivity contribution in [1.82, 2.24) is 0 Å². The van der Waals surface area contributed by atoms with E-state index in [0.717, 1.165) is 14.6 Å². The van der Waals surface area contributed by atoms with Gasteiger partial charge in [-0.05, 0) is 52.3 Å². The molecule has 0 aromatic heterocycles. The van der Waals surface area contributed by atoms with Crippen LogP contribution < -0.4 is 5.32 Å². The third-order valence-corrected chi connectivity index (χ3v) is 3.72. The van der Waals surface area contributed by atoms with E-state index in [4.69, 9.17) is 5.26 Å². The summed E-state index contributed by atoms with van der Waals surface area (Å²) in [6, 6.07) is 12.0. The van der Waals surface area contributed by atoms with Crippen LogP contribution in [0.2, 0.25) is 0 Å². The number of anilines is 1. The Bertz CT molecular complexity index is 650. The molecule has 1 N–H and O–H groups in total. The fraction of sp³-hybridized carbons (Fsp3) is 0.0714. The topological polar surface area (TPSA) is 35.8 Å². The molecule has 0 radical (unpaired) electrons. The smallest absolute Gasteiger partial charge is 0.128 e. The van der Waals surface area contributed by atoms with Gasteiger partial charge in [0.25, 0.3) is 0 Å². The molecular formula is C14H9Br2FN2. The van der Waals surface area contributed by atoms with E-state index in [1.54, 1.807) is 6.07 Å². The molecule has 0 bridgehead atoms. The van der Waals surface area contributed by atoms with Crippen LogP contribution in [0, 0.1) is 17.1 Å². The molecule has 0 amide bonds. The standard InChI is InChI=1S/C14H9Br2FN2/c15-11-2-4-14(12(16)6-11)19-8-10-5-9(7-18)1-3-13(10)17/h1-6,19H,8H2. The van der Waals surface area contributed by atoms with Gasteiger partial charge in [0.2, 0.25) is 0 Å². The molecule has 0 unspecified atom stereocenters. The van der Waals surface area contributed by atoms with E-state index in [1.807, 2.05) is 24.3 Å². The lowest BCUT2D eigenvalue weighted by atomic mass is 10.1. The molecule has 0 heterocycles. The van der Waals surface area contributed by atoms with Crippen molar-refractivity contribution in [3.05, 3.63) is 62.3 Å². The zero-order chi connectivity index (χ0) is 13.8. The minimum atomic E-state index is -0.320. The van der Waals surface area contributed by atoms with Gasteiger partial charge in [-0.1, -0.05) is 15.9 Å². The first-order valence-electron chi connectivity index (χ1n) is 5.47. The second-order valence-corrected chi connectivity index (χ2v) is 5.67. The van der Waals surface area contributed by atoms with Crippen molar-refractivity contribution in [2.45, 2.75) is 6.54 Å². The van der Waals surface area contributed by atoms with Crippen molar-refractivity contribution in [3.8, 4) is 6.07 Å². The Kier molecular flexibility index (Phi) is 4.56. The molecule has 0 saturated heterocycles. The van der Waals surface area contributed by atoms with E-state index in [1.165, 1.54) is 12.1 Å². The first-order chi connectivity index (χ1) is 9.10. The summed E-state index contributed by atoms with van der Waals surface area (Å²) in [5, 5.41) is 11.9. The molecule has 0 saturated carbocycles. The van der Waals surface area contributed by atoms with Crippen molar-refractivity contribution in [2.75, 3.05) is 5.32 Å². The summed E-state index contributed by atoms with van der Waals surface area (Å²) in [6.07, 6.45) is 0. The highest BCUT2D eigenvalue weighted by atomic mass is 79.9. The minimum absolute atomic E-state index is 0.320. The number of rotatable bonds is 3. The first kappa shape index (κ1) is 14.0. The van der Waals surface area contributed by atoms with Crippen LogP contribution in [-0.4, -0.2) is 0 Å². The molecule has 0 aliphatic carbocycles. The molecule has 0 fully saturated rings. The minimum Gasteiger partial charge on any atom is -0.380 e. The summed E-state index contributed by atoms with van der Waals surface area (Å²) in [5.74, 6) is -0.320. The number of nitriles is 1. The highest BCUT2D eigenvalue weighted by molar-refractivity contribution is 9.11. The molecule has 5 heteroatoms. The van der Waals surface area contributed by atoms with Crippen LogP contribution >= 0.6 is 31.9 Å². The Morgan fingerprint density at radius 3 is 2.63 bits per heavy atom. The van der Waals surface area contributed by atoms with Crippen LogP contribution in [0.4, 0.5) is 10.1 Å². The average Bonchev–Trinajstić information content (AvgIpc) is 2.39. The van der Waals surface area contributed by atoms with Gasteiger partial charge in [-0.2, -0.15) is 5.26 Å². The summed E-state index contributed by atoms with van der Waals surface area (Å²) >= 11 is 6.80. The summed E-state index contributed by atoms with van der Waals surface area (Å²) in [7, 11) is 0. The lowest BCUT2D eigenvalue weighted by Gasteiger charge is -2.10. The fourth-order valence-electron chi connectivity index (χ4n) is 1.60. The van der Waals surface area contributed by atoms with Crippen molar-refractivity contribution < 1.29 is 4.39 Å². The second-order valence-electron chi connectivity index (χ2n) is 3.90. The van der Waals surface area contributed by atoms with Gasteiger partial charge in [0.1, 0.15) is 5.82 Å². The molecule has 96 valence electrons. The summed E-state index contributed by atoms with van der Waals surface area (Å²) in [5.41, 5.74) is 1.78. The average molecular weight is 384 g/mol. The van der Waals surface area contributed by atoms with E-state index in [-0.39, 0.29) is 5.82 Å². The zero-order valence-electron chi connectivity index (χ0n) is 9.75. The number of halogens is 3. The fourth-order valence-corrected chi connectivity index (χ4v) is 2.79. The highest BCUT2D eigenvalue weighted by Crippen LogP contribution is 2.26. The van der Waals surface area contributed by atoms with Gasteiger partial charge in [0.05, 0.1) is 11.6 Å². The monoisotopic (exact) mass is 382 g/mol. The van der Waals surface area contributed by atoms with Crippen molar-refractivity contribution >= 4 is 37.5 Å². The molecule has 2 aromatic rings. The predicted molar refractivity (Wildman–Crippen MR) is 80.3 cm³/mol. The normalized spacial score (nSPS) is 10.0. The van der Waals surface area contributed by atoms with Crippen LogP contribution in [0.3, 0.4) is 0 Å². The SMILES string of the molecule is N#Cc1ccc(F)c(CNc2ccc(Br)cc2Br)c1. The molecular weight excluding hydrogens is 375 g/mol. The molecule has 2 nitrogen and oxygen atoms in total. The number of nitrogens with zero attached hydrogens (tertiary/aromatic N) is 1. The first-order valence-corrected chi connectivity index (χ1v) is 7.06. The van der Waals surface area contributed by atoms with Gasteiger partial charge < -0.3 is 5.32 Å². The van der Waals surface area contributed by atoms with Crippen LogP contribution in [0.15, 0.2) is 45.3 Å². The lowest BCUT2D eigenvalue weighted by molar-refractivity contribution is 0.612. The van der Waals surface area contributed by atoms with Crippen molar-refractivity contribution in [1.29, 1.82) is 5.26 Å². The van der Waals surface area contributed by atoms with E-state index in [2.05, 4.69) is 37.2 Å². The van der Waals surface area contributed by atoms with Gasteiger partial charge >= 0.3 is 0 Å². The molecule has 19 heavy (non-hydrogen) atoms. The Hall–Kier alpha value is -1.38. The largest absolute Gasteiger partial charge is 0.380 e. The van der Waals surface area contributed by atoms with Gasteiger partial charge in [-0.15, -0.1) is 0 Å². The van der Waals surface area contributed by atoms with Crippen molar-refractivity contribution in [3.63, 3.8) is 0 Å². The van der Waals surface area contributed by atoms with Crippen LogP contribution in [-0.2, 0) is 6.54 Å². The van der Waals surface area contributed by atoms with E-state index < -0.39 is 0 Å². The van der Waals surface area contributed by atoms with Gasteiger partial charge in [0, 0.05) is 26.7 Å². The summed E-state index contributed by atoms with van der Waals surface area (Å²) in [4.78, 5) is 0. The van der Waals surface area contributed by atoms with Crippen molar-refractivity contribution in [2.24, 2.45) is 0 Å². The van der Waals surface area contributed by atoms with Crippen LogP contribution in [0.1, 0.15) is 11.1 Å². The third kappa shape index (κ3) is 3.55.